The zero-order chi connectivity index (χ0) is 22.2. The van der Waals surface area contributed by atoms with Crippen LogP contribution >= 0.6 is 0 Å². The van der Waals surface area contributed by atoms with Gasteiger partial charge in [-0.2, -0.15) is 0 Å². The quantitative estimate of drug-likeness (QED) is 0.638. The lowest BCUT2D eigenvalue weighted by molar-refractivity contribution is -0.123. The van der Waals surface area contributed by atoms with Gasteiger partial charge in [-0.05, 0) is 54.8 Å². The third kappa shape index (κ3) is 6.12. The number of methoxy groups -OCH3 is 3. The number of nitrogens with one attached hydrogen (secondary N) is 1. The standard InChI is InChI=1S/C24H32N2O5/c1-29-19-6-4-5-18(14-19)20-10-12-26(15-21(20)27)16-24(28)25-11-9-17-7-8-22(30-2)23(13-17)31-3/h4-8,13-14,20-21,27H,9-12,15-16H2,1-3H3,(H,25,28)/t20-,21-/m1/s1. The lowest BCUT2D eigenvalue weighted by Crippen LogP contribution is -2.47. The molecule has 0 bridgehead atoms. The molecule has 1 heterocycles. The van der Waals surface area contributed by atoms with Crippen LogP contribution in [0.4, 0.5) is 0 Å². The molecule has 2 aromatic rings. The van der Waals surface area contributed by atoms with E-state index in [1.54, 1.807) is 21.3 Å². The maximum atomic E-state index is 12.4. The number of nitrogens with zero attached hydrogens (tertiary/aromatic N) is 1. The Kier molecular flexibility index (Phi) is 8.14. The van der Waals surface area contributed by atoms with E-state index in [1.807, 2.05) is 47.4 Å². The second-order valence-corrected chi connectivity index (χ2v) is 7.76. The van der Waals surface area contributed by atoms with E-state index in [2.05, 4.69) is 5.32 Å². The molecule has 7 heteroatoms. The van der Waals surface area contributed by atoms with Gasteiger partial charge in [0.25, 0.3) is 0 Å². The van der Waals surface area contributed by atoms with E-state index in [1.165, 1.54) is 0 Å². The Labute approximate surface area is 183 Å². The molecule has 7 nitrogen and oxygen atoms in total. The number of piperidine rings is 1. The highest BCUT2D eigenvalue weighted by Crippen LogP contribution is 2.30. The normalized spacial score (nSPS) is 19.0. The van der Waals surface area contributed by atoms with Crippen molar-refractivity contribution < 1.29 is 24.1 Å². The highest BCUT2D eigenvalue weighted by atomic mass is 16.5. The topological polar surface area (TPSA) is 80.3 Å². The maximum absolute atomic E-state index is 12.4. The monoisotopic (exact) mass is 428 g/mol. The number of hydrogen-bond acceptors (Lipinski definition) is 6. The molecule has 1 aliphatic heterocycles. The van der Waals surface area contributed by atoms with Crippen molar-refractivity contribution in [3.63, 3.8) is 0 Å². The predicted molar refractivity (Wildman–Crippen MR) is 119 cm³/mol. The number of likely N-dealkylation sites (tertiary alicyclic amines) is 1. The largest absolute Gasteiger partial charge is 0.497 e. The van der Waals surface area contributed by atoms with E-state index >= 15 is 0 Å². The number of carbonyl (C=O) groups excluding carboxylic acids is 1. The van der Waals surface area contributed by atoms with Gasteiger partial charge >= 0.3 is 0 Å². The molecule has 1 saturated heterocycles. The Morgan fingerprint density at radius 2 is 1.90 bits per heavy atom. The van der Waals surface area contributed by atoms with Gasteiger partial charge in [-0.15, -0.1) is 0 Å². The van der Waals surface area contributed by atoms with Crippen molar-refractivity contribution >= 4 is 5.91 Å². The molecule has 2 aromatic carbocycles. The van der Waals surface area contributed by atoms with E-state index in [9.17, 15) is 9.90 Å². The Balaban J connectivity index is 1.44. The van der Waals surface area contributed by atoms with Crippen molar-refractivity contribution in [2.45, 2.75) is 24.9 Å². The second kappa shape index (κ2) is 11.0. The maximum Gasteiger partial charge on any atom is 0.234 e. The first kappa shape index (κ1) is 22.9. The second-order valence-electron chi connectivity index (χ2n) is 7.76. The Morgan fingerprint density at radius 3 is 2.61 bits per heavy atom. The van der Waals surface area contributed by atoms with Gasteiger partial charge in [-0.1, -0.05) is 18.2 Å². The molecule has 0 spiro atoms. The summed E-state index contributed by atoms with van der Waals surface area (Å²) in [5.74, 6) is 2.18. The molecule has 0 aromatic heterocycles. The fraction of sp³-hybridized carbons (Fsp3) is 0.458. The van der Waals surface area contributed by atoms with Gasteiger partial charge in [-0.25, -0.2) is 0 Å². The summed E-state index contributed by atoms with van der Waals surface area (Å²) in [6.07, 6.45) is 0.986. The van der Waals surface area contributed by atoms with Crippen LogP contribution in [0.3, 0.4) is 0 Å². The molecule has 31 heavy (non-hydrogen) atoms. The number of rotatable bonds is 9. The molecular formula is C24H32N2O5. The van der Waals surface area contributed by atoms with E-state index < -0.39 is 6.10 Å². The third-order valence-corrected chi connectivity index (χ3v) is 5.74. The average Bonchev–Trinajstić information content (AvgIpc) is 2.79. The number of carbonyl (C=O) groups is 1. The fourth-order valence-electron chi connectivity index (χ4n) is 4.04. The van der Waals surface area contributed by atoms with Crippen molar-refractivity contribution in [2.75, 3.05) is 47.5 Å². The van der Waals surface area contributed by atoms with Crippen LogP contribution < -0.4 is 19.5 Å². The van der Waals surface area contributed by atoms with E-state index in [0.717, 1.165) is 29.8 Å². The van der Waals surface area contributed by atoms with Crippen molar-refractivity contribution in [2.24, 2.45) is 0 Å². The first-order valence-corrected chi connectivity index (χ1v) is 10.6. The average molecular weight is 429 g/mol. The van der Waals surface area contributed by atoms with Crippen LogP contribution in [-0.4, -0.2) is 69.5 Å². The zero-order valence-corrected chi connectivity index (χ0v) is 18.5. The lowest BCUT2D eigenvalue weighted by Gasteiger charge is -2.35. The number of amides is 1. The highest BCUT2D eigenvalue weighted by molar-refractivity contribution is 5.78. The smallest absolute Gasteiger partial charge is 0.234 e. The van der Waals surface area contributed by atoms with Crippen LogP contribution in [0, 0.1) is 0 Å². The van der Waals surface area contributed by atoms with Crippen LogP contribution in [0.2, 0.25) is 0 Å². The highest BCUT2D eigenvalue weighted by Gasteiger charge is 2.29. The number of aliphatic hydroxyl groups is 1. The molecule has 3 rings (SSSR count). The van der Waals surface area contributed by atoms with Gasteiger partial charge in [0.1, 0.15) is 5.75 Å². The van der Waals surface area contributed by atoms with Gasteiger partial charge in [0, 0.05) is 19.0 Å². The summed E-state index contributed by atoms with van der Waals surface area (Å²) in [6.45, 7) is 2.07. The first-order valence-electron chi connectivity index (χ1n) is 10.6. The van der Waals surface area contributed by atoms with Crippen LogP contribution in [0.25, 0.3) is 0 Å². The van der Waals surface area contributed by atoms with E-state index in [-0.39, 0.29) is 18.4 Å². The molecule has 2 N–H and O–H groups in total. The number of β-amino-alcohol motifs (C(OH)–C–C–N with tert-alkyl or cyclic N) is 1. The van der Waals surface area contributed by atoms with Gasteiger partial charge in [0.2, 0.25) is 5.91 Å². The molecule has 0 saturated carbocycles. The Hall–Kier alpha value is -2.77. The number of benzene rings is 2. The summed E-state index contributed by atoms with van der Waals surface area (Å²) >= 11 is 0. The minimum absolute atomic E-state index is 0.0347. The van der Waals surface area contributed by atoms with Gasteiger partial charge < -0.3 is 24.6 Å². The molecule has 1 fully saturated rings. The van der Waals surface area contributed by atoms with Crippen LogP contribution in [0.5, 0.6) is 17.2 Å². The number of hydrogen-bond donors (Lipinski definition) is 2. The fourth-order valence-corrected chi connectivity index (χ4v) is 4.04. The van der Waals surface area contributed by atoms with Crippen molar-refractivity contribution in [3.8, 4) is 17.2 Å². The molecule has 2 atom stereocenters. The minimum atomic E-state index is -0.513. The Bertz CT molecular complexity index is 873. The predicted octanol–water partition coefficient (Wildman–Crippen LogP) is 2.22. The summed E-state index contributed by atoms with van der Waals surface area (Å²) in [7, 11) is 4.85. The first-order chi connectivity index (χ1) is 15.0. The molecule has 168 valence electrons. The van der Waals surface area contributed by atoms with Gasteiger partial charge in [0.05, 0.1) is 34.0 Å². The van der Waals surface area contributed by atoms with Crippen LogP contribution in [0.15, 0.2) is 42.5 Å². The van der Waals surface area contributed by atoms with Gasteiger partial charge in [0.15, 0.2) is 11.5 Å². The Morgan fingerprint density at radius 1 is 1.10 bits per heavy atom. The van der Waals surface area contributed by atoms with Gasteiger partial charge in [-0.3, -0.25) is 9.69 Å². The number of aliphatic hydroxyl groups excluding tert-OH is 1. The van der Waals surface area contributed by atoms with Crippen molar-refractivity contribution in [3.05, 3.63) is 53.6 Å². The summed E-state index contributed by atoms with van der Waals surface area (Å²) in [5.41, 5.74) is 2.14. The molecule has 0 radical (unpaired) electrons. The molecule has 1 aliphatic rings. The molecule has 1 amide bonds. The molecular weight excluding hydrogens is 396 g/mol. The van der Waals surface area contributed by atoms with Crippen LogP contribution in [-0.2, 0) is 11.2 Å². The third-order valence-electron chi connectivity index (χ3n) is 5.74. The number of ether oxygens (including phenoxy) is 3. The summed E-state index contributed by atoms with van der Waals surface area (Å²) in [6, 6.07) is 13.6. The zero-order valence-electron chi connectivity index (χ0n) is 18.5. The van der Waals surface area contributed by atoms with Crippen LogP contribution in [0.1, 0.15) is 23.5 Å². The lowest BCUT2D eigenvalue weighted by atomic mass is 9.87. The molecule has 0 unspecified atom stereocenters. The molecule has 0 aliphatic carbocycles. The minimum Gasteiger partial charge on any atom is -0.497 e. The van der Waals surface area contributed by atoms with Crippen molar-refractivity contribution in [1.29, 1.82) is 0 Å². The SMILES string of the molecule is COc1cccc([C@H]2CCN(CC(=O)NCCc3ccc(OC)c(OC)c3)C[C@H]2O)c1. The van der Waals surface area contributed by atoms with E-state index in [4.69, 9.17) is 14.2 Å². The van der Waals surface area contributed by atoms with E-state index in [0.29, 0.717) is 31.0 Å². The van der Waals surface area contributed by atoms with Crippen molar-refractivity contribution in [1.82, 2.24) is 10.2 Å². The summed E-state index contributed by atoms with van der Waals surface area (Å²) in [5, 5.41) is 13.6. The summed E-state index contributed by atoms with van der Waals surface area (Å²) in [4.78, 5) is 14.4. The summed E-state index contributed by atoms with van der Waals surface area (Å²) < 4.78 is 15.9.